The summed E-state index contributed by atoms with van der Waals surface area (Å²) in [4.78, 5) is 15.9. The van der Waals surface area contributed by atoms with Crippen LogP contribution in [0.1, 0.15) is 6.42 Å². The summed E-state index contributed by atoms with van der Waals surface area (Å²) in [7, 11) is 0. The summed E-state index contributed by atoms with van der Waals surface area (Å²) < 4.78 is 39.8. The number of benzene rings is 2. The summed E-state index contributed by atoms with van der Waals surface area (Å²) in [6.07, 6.45) is 0.249. The maximum absolute atomic E-state index is 13.8. The summed E-state index contributed by atoms with van der Waals surface area (Å²) >= 11 is 0. The maximum Gasteiger partial charge on any atom is 0.224 e. The van der Waals surface area contributed by atoms with E-state index in [1.54, 1.807) is 23.1 Å². The van der Waals surface area contributed by atoms with Gasteiger partial charge in [0.05, 0.1) is 5.69 Å². The molecular weight excluding hydrogens is 343 g/mol. The van der Waals surface area contributed by atoms with E-state index in [4.69, 9.17) is 0 Å². The molecule has 2 aromatic rings. The second-order valence-electron chi connectivity index (χ2n) is 6.12. The van der Waals surface area contributed by atoms with E-state index in [1.807, 2.05) is 4.90 Å². The standard InChI is InChI=1S/C19H20F3N3O/c20-15-6-5-14(13-17(15)22)23-8-7-19(26)25-11-9-24(10-12-25)18-4-2-1-3-16(18)21/h1-6,13,23H,7-12H2. The highest BCUT2D eigenvalue weighted by Crippen LogP contribution is 2.20. The number of carbonyl (C=O) groups is 1. The van der Waals surface area contributed by atoms with Gasteiger partial charge in [-0.1, -0.05) is 12.1 Å². The lowest BCUT2D eigenvalue weighted by Gasteiger charge is -2.36. The molecule has 2 aromatic carbocycles. The van der Waals surface area contributed by atoms with E-state index >= 15 is 0 Å². The van der Waals surface area contributed by atoms with Crippen molar-refractivity contribution in [1.29, 1.82) is 0 Å². The lowest BCUT2D eigenvalue weighted by molar-refractivity contribution is -0.131. The molecule has 0 aliphatic carbocycles. The number of piperazine rings is 1. The molecule has 0 aromatic heterocycles. The van der Waals surface area contributed by atoms with Gasteiger partial charge in [-0.3, -0.25) is 4.79 Å². The van der Waals surface area contributed by atoms with Gasteiger partial charge in [-0.25, -0.2) is 13.2 Å². The smallest absolute Gasteiger partial charge is 0.224 e. The van der Waals surface area contributed by atoms with Gasteiger partial charge in [0.15, 0.2) is 11.6 Å². The van der Waals surface area contributed by atoms with Crippen molar-refractivity contribution in [3.8, 4) is 0 Å². The summed E-state index contributed by atoms with van der Waals surface area (Å²) in [6.45, 7) is 2.53. The van der Waals surface area contributed by atoms with E-state index in [1.165, 1.54) is 12.1 Å². The van der Waals surface area contributed by atoms with Gasteiger partial charge in [0.1, 0.15) is 5.82 Å². The van der Waals surface area contributed by atoms with Crippen LogP contribution < -0.4 is 10.2 Å². The first-order valence-corrected chi connectivity index (χ1v) is 8.51. The van der Waals surface area contributed by atoms with E-state index in [9.17, 15) is 18.0 Å². The normalized spacial score (nSPS) is 14.4. The maximum atomic E-state index is 13.8. The van der Waals surface area contributed by atoms with Gasteiger partial charge in [-0.15, -0.1) is 0 Å². The van der Waals surface area contributed by atoms with Crippen molar-refractivity contribution in [3.05, 3.63) is 59.9 Å². The van der Waals surface area contributed by atoms with Crippen LogP contribution >= 0.6 is 0 Å². The Morgan fingerprint density at radius 3 is 2.35 bits per heavy atom. The van der Waals surface area contributed by atoms with Gasteiger partial charge in [-0.2, -0.15) is 0 Å². The molecule has 0 spiro atoms. The van der Waals surface area contributed by atoms with Crippen LogP contribution in [0.2, 0.25) is 0 Å². The number of hydrogen-bond acceptors (Lipinski definition) is 3. The van der Waals surface area contributed by atoms with Crippen molar-refractivity contribution in [1.82, 2.24) is 4.90 Å². The second-order valence-corrected chi connectivity index (χ2v) is 6.12. The van der Waals surface area contributed by atoms with E-state index < -0.39 is 11.6 Å². The zero-order valence-electron chi connectivity index (χ0n) is 14.2. The minimum Gasteiger partial charge on any atom is -0.384 e. The van der Waals surface area contributed by atoms with Crippen LogP contribution in [0, 0.1) is 17.5 Å². The Morgan fingerprint density at radius 1 is 0.923 bits per heavy atom. The van der Waals surface area contributed by atoms with E-state index in [-0.39, 0.29) is 18.1 Å². The third kappa shape index (κ3) is 4.28. The SMILES string of the molecule is O=C(CCNc1ccc(F)c(F)c1)N1CCN(c2ccccc2F)CC1. The first-order valence-electron chi connectivity index (χ1n) is 8.51. The summed E-state index contributed by atoms with van der Waals surface area (Å²) in [5, 5.41) is 2.91. The molecule has 0 atom stereocenters. The fraction of sp³-hybridized carbons (Fsp3) is 0.316. The highest BCUT2D eigenvalue weighted by molar-refractivity contribution is 5.77. The predicted molar refractivity (Wildman–Crippen MR) is 94.7 cm³/mol. The van der Waals surface area contributed by atoms with Crippen molar-refractivity contribution >= 4 is 17.3 Å². The van der Waals surface area contributed by atoms with E-state index in [2.05, 4.69) is 5.32 Å². The fourth-order valence-corrected chi connectivity index (χ4v) is 2.98. The van der Waals surface area contributed by atoms with Gasteiger partial charge in [0.2, 0.25) is 5.91 Å². The predicted octanol–water partition coefficient (Wildman–Crippen LogP) is 3.25. The van der Waals surface area contributed by atoms with Gasteiger partial charge in [-0.05, 0) is 30.3 Å². The average Bonchev–Trinajstić information content (AvgIpc) is 2.65. The molecule has 0 bridgehead atoms. The third-order valence-electron chi connectivity index (χ3n) is 4.41. The Morgan fingerprint density at radius 2 is 1.65 bits per heavy atom. The zero-order chi connectivity index (χ0) is 18.5. The minimum absolute atomic E-state index is 0.0201. The van der Waals surface area contributed by atoms with Crippen LogP contribution in [0.25, 0.3) is 0 Å². The number of halogens is 3. The molecule has 138 valence electrons. The Hall–Kier alpha value is -2.70. The molecule has 1 aliphatic heterocycles. The van der Waals surface area contributed by atoms with E-state index in [0.717, 1.165) is 12.1 Å². The second kappa shape index (κ2) is 8.12. The van der Waals surface area contributed by atoms with Crippen molar-refractivity contribution in [2.45, 2.75) is 6.42 Å². The Bertz CT molecular complexity index is 776. The molecule has 0 unspecified atom stereocenters. The first kappa shape index (κ1) is 18.1. The fourth-order valence-electron chi connectivity index (χ4n) is 2.98. The van der Waals surface area contributed by atoms with Crippen LogP contribution in [0.5, 0.6) is 0 Å². The van der Waals surface area contributed by atoms with Crippen molar-refractivity contribution in [3.63, 3.8) is 0 Å². The third-order valence-corrected chi connectivity index (χ3v) is 4.41. The molecule has 1 amide bonds. The summed E-state index contributed by atoms with van der Waals surface area (Å²) in [5.74, 6) is -2.11. The molecule has 0 radical (unpaired) electrons. The number of rotatable bonds is 5. The molecule has 3 rings (SSSR count). The summed E-state index contributed by atoms with van der Waals surface area (Å²) in [6, 6.07) is 10.1. The average molecular weight is 363 g/mol. The molecule has 7 heteroatoms. The summed E-state index contributed by atoms with van der Waals surface area (Å²) in [5.41, 5.74) is 0.987. The number of amides is 1. The Kier molecular flexibility index (Phi) is 5.65. The zero-order valence-corrected chi connectivity index (χ0v) is 14.2. The van der Waals surface area contributed by atoms with Crippen LogP contribution in [0.3, 0.4) is 0 Å². The monoisotopic (exact) mass is 363 g/mol. The molecule has 1 aliphatic rings. The molecule has 26 heavy (non-hydrogen) atoms. The number of para-hydroxylation sites is 1. The van der Waals surface area contributed by atoms with E-state index in [0.29, 0.717) is 44.1 Å². The van der Waals surface area contributed by atoms with Crippen LogP contribution in [0.15, 0.2) is 42.5 Å². The molecule has 1 heterocycles. The largest absolute Gasteiger partial charge is 0.384 e. The lowest BCUT2D eigenvalue weighted by Crippen LogP contribution is -2.49. The molecule has 0 saturated carbocycles. The number of nitrogens with zero attached hydrogens (tertiary/aromatic N) is 2. The Labute approximate surface area is 150 Å². The number of hydrogen-bond donors (Lipinski definition) is 1. The number of carbonyl (C=O) groups excluding carboxylic acids is 1. The number of anilines is 2. The highest BCUT2D eigenvalue weighted by Gasteiger charge is 2.22. The highest BCUT2D eigenvalue weighted by atomic mass is 19.2. The number of nitrogens with one attached hydrogen (secondary N) is 1. The van der Waals surface area contributed by atoms with Gasteiger partial charge in [0, 0.05) is 44.8 Å². The topological polar surface area (TPSA) is 35.6 Å². The van der Waals surface area contributed by atoms with Gasteiger partial charge < -0.3 is 15.1 Å². The van der Waals surface area contributed by atoms with Crippen molar-refractivity contribution in [2.24, 2.45) is 0 Å². The van der Waals surface area contributed by atoms with Crippen LogP contribution in [0.4, 0.5) is 24.5 Å². The van der Waals surface area contributed by atoms with Gasteiger partial charge >= 0.3 is 0 Å². The quantitative estimate of drug-likeness (QED) is 0.886. The molecule has 1 fully saturated rings. The van der Waals surface area contributed by atoms with Gasteiger partial charge in [0.25, 0.3) is 0 Å². The molecule has 4 nitrogen and oxygen atoms in total. The molecular formula is C19H20F3N3O. The van der Waals surface area contributed by atoms with Crippen LogP contribution in [-0.2, 0) is 4.79 Å². The minimum atomic E-state index is -0.925. The van der Waals surface area contributed by atoms with Crippen LogP contribution in [-0.4, -0.2) is 43.5 Å². The Balaban J connectivity index is 1.45. The van der Waals surface area contributed by atoms with Crippen molar-refractivity contribution in [2.75, 3.05) is 42.9 Å². The van der Waals surface area contributed by atoms with Crippen molar-refractivity contribution < 1.29 is 18.0 Å². The molecule has 1 N–H and O–H groups in total. The molecule has 1 saturated heterocycles. The lowest BCUT2D eigenvalue weighted by atomic mass is 10.2. The first-order chi connectivity index (χ1) is 12.5.